The Kier molecular flexibility index (Phi) is 4.04. The number of carboxylic acids is 1. The monoisotopic (exact) mass is 241 g/mol. The molecular weight excluding hydrogens is 230 g/mol. The van der Waals surface area contributed by atoms with Crippen LogP contribution in [0.15, 0.2) is 18.2 Å². The van der Waals surface area contributed by atoms with Crippen molar-refractivity contribution < 1.29 is 14.7 Å². The van der Waals surface area contributed by atoms with Crippen LogP contribution in [0, 0.1) is 6.92 Å². The van der Waals surface area contributed by atoms with Crippen molar-refractivity contribution in [3.05, 3.63) is 34.3 Å². The van der Waals surface area contributed by atoms with Crippen LogP contribution < -0.4 is 5.73 Å². The van der Waals surface area contributed by atoms with Crippen LogP contribution in [0.5, 0.6) is 0 Å². The summed E-state index contributed by atoms with van der Waals surface area (Å²) in [5, 5.41) is 8.97. The van der Waals surface area contributed by atoms with Gasteiger partial charge in [0.1, 0.15) is 0 Å². The molecule has 86 valence electrons. The third-order valence-electron chi connectivity index (χ3n) is 2.20. The van der Waals surface area contributed by atoms with Crippen LogP contribution >= 0.6 is 11.6 Å². The minimum atomic E-state index is -1.10. The molecule has 1 aromatic rings. The maximum Gasteiger partial charge on any atom is 0.305 e. The maximum absolute atomic E-state index is 11.8. The highest BCUT2D eigenvalue weighted by Gasteiger charge is 2.20. The summed E-state index contributed by atoms with van der Waals surface area (Å²) in [7, 11) is 0. The molecule has 0 fully saturated rings. The van der Waals surface area contributed by atoms with Crippen molar-refractivity contribution in [2.75, 3.05) is 0 Å². The molecule has 0 aliphatic carbocycles. The fraction of sp³-hybridized carbons (Fsp3) is 0.273. The summed E-state index contributed by atoms with van der Waals surface area (Å²) in [5.41, 5.74) is 6.60. The van der Waals surface area contributed by atoms with E-state index < -0.39 is 17.8 Å². The van der Waals surface area contributed by atoms with Crippen molar-refractivity contribution in [2.45, 2.75) is 19.4 Å². The highest BCUT2D eigenvalue weighted by molar-refractivity contribution is 6.31. The molecule has 0 aliphatic rings. The Morgan fingerprint density at radius 1 is 1.50 bits per heavy atom. The van der Waals surface area contributed by atoms with E-state index in [1.54, 1.807) is 19.1 Å². The second-order valence-corrected chi connectivity index (χ2v) is 3.96. The molecule has 0 aromatic heterocycles. The Morgan fingerprint density at radius 3 is 2.69 bits per heavy atom. The highest BCUT2D eigenvalue weighted by atomic mass is 35.5. The summed E-state index contributed by atoms with van der Waals surface area (Å²) < 4.78 is 0. The van der Waals surface area contributed by atoms with Gasteiger partial charge in [-0.25, -0.2) is 0 Å². The molecular formula is C11H12ClNO3. The fourth-order valence-corrected chi connectivity index (χ4v) is 1.51. The molecule has 0 amide bonds. The number of carbonyl (C=O) groups is 2. The van der Waals surface area contributed by atoms with Gasteiger partial charge >= 0.3 is 5.97 Å². The standard InChI is InChI=1S/C11H12ClNO3/c1-6-2-3-7(12)4-8(6)11(16)9(13)5-10(14)15/h2-4,9H,5,13H2,1H3,(H,14,15). The summed E-state index contributed by atoms with van der Waals surface area (Å²) >= 11 is 5.76. The number of aliphatic carboxylic acids is 1. The lowest BCUT2D eigenvalue weighted by Crippen LogP contribution is -2.33. The van der Waals surface area contributed by atoms with Crippen LogP contribution in [-0.2, 0) is 4.79 Å². The molecule has 1 unspecified atom stereocenters. The van der Waals surface area contributed by atoms with E-state index in [4.69, 9.17) is 22.4 Å². The van der Waals surface area contributed by atoms with Crippen molar-refractivity contribution >= 4 is 23.4 Å². The third kappa shape index (κ3) is 3.05. The van der Waals surface area contributed by atoms with Gasteiger partial charge in [0, 0.05) is 10.6 Å². The number of Topliss-reactive ketones (excluding diaryl/α,β-unsaturated/α-hetero) is 1. The van der Waals surface area contributed by atoms with Crippen molar-refractivity contribution in [1.82, 2.24) is 0 Å². The highest BCUT2D eigenvalue weighted by Crippen LogP contribution is 2.17. The lowest BCUT2D eigenvalue weighted by Gasteiger charge is -2.10. The van der Waals surface area contributed by atoms with Gasteiger partial charge in [-0.15, -0.1) is 0 Å². The largest absolute Gasteiger partial charge is 0.481 e. The lowest BCUT2D eigenvalue weighted by molar-refractivity contribution is -0.137. The van der Waals surface area contributed by atoms with Gasteiger partial charge in [-0.05, 0) is 24.6 Å². The first-order valence-corrected chi connectivity index (χ1v) is 5.07. The van der Waals surface area contributed by atoms with Crippen molar-refractivity contribution in [3.63, 3.8) is 0 Å². The van der Waals surface area contributed by atoms with Gasteiger partial charge in [0.15, 0.2) is 5.78 Å². The molecule has 0 spiro atoms. The van der Waals surface area contributed by atoms with Gasteiger partial charge in [0.2, 0.25) is 0 Å². The molecule has 0 heterocycles. The predicted octanol–water partition coefficient (Wildman–Crippen LogP) is 1.63. The van der Waals surface area contributed by atoms with E-state index in [2.05, 4.69) is 0 Å². The number of hydrogen-bond donors (Lipinski definition) is 2. The average molecular weight is 242 g/mol. The van der Waals surface area contributed by atoms with Crippen LogP contribution in [0.4, 0.5) is 0 Å². The molecule has 1 atom stereocenters. The molecule has 1 aromatic carbocycles. The third-order valence-corrected chi connectivity index (χ3v) is 2.43. The smallest absolute Gasteiger partial charge is 0.305 e. The van der Waals surface area contributed by atoms with Gasteiger partial charge < -0.3 is 10.8 Å². The number of hydrogen-bond acceptors (Lipinski definition) is 3. The Balaban J connectivity index is 2.95. The lowest BCUT2D eigenvalue weighted by atomic mass is 9.98. The molecule has 3 N–H and O–H groups in total. The molecule has 0 bridgehead atoms. The summed E-state index contributed by atoms with van der Waals surface area (Å²) in [6.07, 6.45) is -0.384. The number of nitrogens with two attached hydrogens (primary N) is 1. The number of ketones is 1. The number of halogens is 1. The van der Waals surface area contributed by atoms with Crippen LogP contribution in [0.2, 0.25) is 5.02 Å². The zero-order valence-electron chi connectivity index (χ0n) is 8.74. The molecule has 0 radical (unpaired) electrons. The van der Waals surface area contributed by atoms with E-state index in [0.717, 1.165) is 5.56 Å². The normalized spacial score (nSPS) is 12.2. The number of carbonyl (C=O) groups excluding carboxylic acids is 1. The first-order valence-electron chi connectivity index (χ1n) is 4.69. The first-order chi connectivity index (χ1) is 7.41. The van der Waals surface area contributed by atoms with Crippen molar-refractivity contribution in [3.8, 4) is 0 Å². The molecule has 1 rings (SSSR count). The maximum atomic E-state index is 11.8. The van der Waals surface area contributed by atoms with Gasteiger partial charge in [-0.1, -0.05) is 17.7 Å². The molecule has 16 heavy (non-hydrogen) atoms. The van der Waals surface area contributed by atoms with Crippen LogP contribution in [-0.4, -0.2) is 22.9 Å². The van der Waals surface area contributed by atoms with Crippen LogP contribution in [0.1, 0.15) is 22.3 Å². The van der Waals surface area contributed by atoms with Gasteiger partial charge in [-0.2, -0.15) is 0 Å². The zero-order chi connectivity index (χ0) is 12.3. The zero-order valence-corrected chi connectivity index (χ0v) is 9.49. The Hall–Kier alpha value is -1.39. The quantitative estimate of drug-likeness (QED) is 0.786. The van der Waals surface area contributed by atoms with Gasteiger partial charge in [0.05, 0.1) is 12.5 Å². The minimum absolute atomic E-state index is 0.376. The molecule has 0 aliphatic heterocycles. The van der Waals surface area contributed by atoms with E-state index in [0.29, 0.717) is 10.6 Å². The predicted molar refractivity (Wildman–Crippen MR) is 60.7 cm³/mol. The van der Waals surface area contributed by atoms with Crippen LogP contribution in [0.3, 0.4) is 0 Å². The second kappa shape index (κ2) is 5.09. The Labute approximate surface area is 98.0 Å². The molecule has 5 heteroatoms. The topological polar surface area (TPSA) is 80.4 Å². The van der Waals surface area contributed by atoms with E-state index in [-0.39, 0.29) is 6.42 Å². The Bertz CT molecular complexity index is 431. The fourth-order valence-electron chi connectivity index (χ4n) is 1.34. The Morgan fingerprint density at radius 2 is 2.12 bits per heavy atom. The molecule has 4 nitrogen and oxygen atoms in total. The van der Waals surface area contributed by atoms with Gasteiger partial charge in [0.25, 0.3) is 0 Å². The molecule has 0 saturated heterocycles. The minimum Gasteiger partial charge on any atom is -0.481 e. The van der Waals surface area contributed by atoms with E-state index in [1.165, 1.54) is 6.07 Å². The van der Waals surface area contributed by atoms with Gasteiger partial charge in [-0.3, -0.25) is 9.59 Å². The summed E-state index contributed by atoms with van der Waals surface area (Å²) in [5.74, 6) is -1.50. The van der Waals surface area contributed by atoms with Crippen LogP contribution in [0.25, 0.3) is 0 Å². The van der Waals surface area contributed by atoms with E-state index in [9.17, 15) is 9.59 Å². The summed E-state index contributed by atoms with van der Waals surface area (Å²) in [6, 6.07) is 3.83. The summed E-state index contributed by atoms with van der Waals surface area (Å²) in [4.78, 5) is 22.2. The summed E-state index contributed by atoms with van der Waals surface area (Å²) in [6.45, 7) is 1.75. The van der Waals surface area contributed by atoms with Crippen molar-refractivity contribution in [2.24, 2.45) is 5.73 Å². The van der Waals surface area contributed by atoms with E-state index >= 15 is 0 Å². The number of rotatable bonds is 4. The second-order valence-electron chi connectivity index (χ2n) is 3.53. The average Bonchev–Trinajstić information content (AvgIpc) is 2.19. The molecule has 0 saturated carbocycles. The first kappa shape index (κ1) is 12.7. The van der Waals surface area contributed by atoms with Crippen molar-refractivity contribution in [1.29, 1.82) is 0 Å². The number of aryl methyl sites for hydroxylation is 1. The van der Waals surface area contributed by atoms with E-state index in [1.807, 2.05) is 0 Å². The number of carboxylic acid groups (broad SMARTS) is 1. The SMILES string of the molecule is Cc1ccc(Cl)cc1C(=O)C(N)CC(=O)O. The number of benzene rings is 1.